The molecule has 0 spiro atoms. The van der Waals surface area contributed by atoms with Gasteiger partial charge in [0, 0.05) is 28.2 Å². The van der Waals surface area contributed by atoms with Gasteiger partial charge in [-0.3, -0.25) is 14.4 Å². The Labute approximate surface area is 107 Å². The van der Waals surface area contributed by atoms with Crippen LogP contribution in [0.15, 0.2) is 22.3 Å². The van der Waals surface area contributed by atoms with Gasteiger partial charge in [-0.05, 0) is 33.6 Å². The third-order valence-corrected chi connectivity index (χ3v) is 3.62. The molecule has 1 rings (SSSR count). The van der Waals surface area contributed by atoms with Gasteiger partial charge in [0.05, 0.1) is 0 Å². The van der Waals surface area contributed by atoms with Crippen molar-refractivity contribution >= 4 is 17.5 Å². The number of Topliss-reactive ketones (excluding diaryl/α,β-unsaturated/α-hetero) is 2. The van der Waals surface area contributed by atoms with Crippen LogP contribution in [-0.4, -0.2) is 17.5 Å². The third kappa shape index (κ3) is 2.58. The van der Waals surface area contributed by atoms with E-state index in [4.69, 9.17) is 5.73 Å². The number of amides is 1. The number of ketones is 2. The first-order chi connectivity index (χ1) is 8.27. The van der Waals surface area contributed by atoms with Gasteiger partial charge in [0.25, 0.3) is 0 Å². The highest BCUT2D eigenvalue weighted by Crippen LogP contribution is 2.27. The van der Waals surface area contributed by atoms with Crippen LogP contribution < -0.4 is 5.73 Å². The maximum atomic E-state index is 12.1. The average Bonchev–Trinajstić information content (AvgIpc) is 2.33. The third-order valence-electron chi connectivity index (χ3n) is 3.62. The molecule has 0 aliphatic heterocycles. The normalized spacial score (nSPS) is 18.4. The summed E-state index contributed by atoms with van der Waals surface area (Å²) in [5.41, 5.74) is 7.23. The number of allylic oxidation sites excluding steroid dienone is 4. The zero-order valence-electron chi connectivity index (χ0n) is 11.3. The molecule has 1 atom stereocenters. The molecule has 1 amide bonds. The van der Waals surface area contributed by atoms with Crippen molar-refractivity contribution in [3.8, 4) is 0 Å². The lowest BCUT2D eigenvalue weighted by Crippen LogP contribution is -2.23. The summed E-state index contributed by atoms with van der Waals surface area (Å²) >= 11 is 0. The molecule has 0 aromatic heterocycles. The maximum absolute atomic E-state index is 12.1. The van der Waals surface area contributed by atoms with Gasteiger partial charge in [-0.15, -0.1) is 0 Å². The highest BCUT2D eigenvalue weighted by molar-refractivity contribution is 6.24. The van der Waals surface area contributed by atoms with Crippen LogP contribution in [0.5, 0.6) is 0 Å². The SMILES string of the molecule is CC1=C(C)C(=O)C(CCC(C)C(N)=O)=C(C)C1=O. The van der Waals surface area contributed by atoms with Crippen LogP contribution in [0.3, 0.4) is 0 Å². The number of carbonyl (C=O) groups excluding carboxylic acids is 3. The molecular weight excluding hydrogens is 230 g/mol. The van der Waals surface area contributed by atoms with Crippen LogP contribution in [0.4, 0.5) is 0 Å². The van der Waals surface area contributed by atoms with Gasteiger partial charge in [0.2, 0.25) is 5.91 Å². The van der Waals surface area contributed by atoms with E-state index >= 15 is 0 Å². The van der Waals surface area contributed by atoms with Crippen molar-refractivity contribution < 1.29 is 14.4 Å². The minimum Gasteiger partial charge on any atom is -0.369 e. The van der Waals surface area contributed by atoms with E-state index in [1.165, 1.54) is 0 Å². The van der Waals surface area contributed by atoms with Gasteiger partial charge in [0.15, 0.2) is 11.6 Å². The summed E-state index contributed by atoms with van der Waals surface area (Å²) in [5.74, 6) is -0.832. The van der Waals surface area contributed by atoms with Gasteiger partial charge >= 0.3 is 0 Å². The first-order valence-corrected chi connectivity index (χ1v) is 6.03. The molecule has 1 aliphatic rings. The second-order valence-corrected chi connectivity index (χ2v) is 4.85. The number of nitrogens with two attached hydrogens (primary N) is 1. The molecule has 0 aromatic carbocycles. The topological polar surface area (TPSA) is 77.2 Å². The highest BCUT2D eigenvalue weighted by Gasteiger charge is 2.27. The molecule has 0 heterocycles. The highest BCUT2D eigenvalue weighted by atomic mass is 16.1. The Morgan fingerprint density at radius 2 is 1.56 bits per heavy atom. The quantitative estimate of drug-likeness (QED) is 0.770. The number of primary amides is 1. The van der Waals surface area contributed by atoms with Crippen LogP contribution in [0, 0.1) is 5.92 Å². The number of hydrogen-bond donors (Lipinski definition) is 1. The van der Waals surface area contributed by atoms with E-state index in [1.807, 2.05) is 0 Å². The molecule has 4 nitrogen and oxygen atoms in total. The fraction of sp³-hybridized carbons (Fsp3) is 0.500. The molecule has 2 N–H and O–H groups in total. The molecule has 0 aromatic rings. The maximum Gasteiger partial charge on any atom is 0.220 e. The van der Waals surface area contributed by atoms with Crippen LogP contribution in [0.2, 0.25) is 0 Å². The Kier molecular flexibility index (Phi) is 4.22. The van der Waals surface area contributed by atoms with E-state index in [0.29, 0.717) is 35.1 Å². The van der Waals surface area contributed by atoms with Crippen LogP contribution in [0.25, 0.3) is 0 Å². The summed E-state index contributed by atoms with van der Waals surface area (Å²) in [6.45, 7) is 6.73. The molecule has 0 saturated carbocycles. The Morgan fingerprint density at radius 1 is 1.06 bits per heavy atom. The molecule has 0 radical (unpaired) electrons. The van der Waals surface area contributed by atoms with E-state index < -0.39 is 0 Å². The number of carbonyl (C=O) groups is 3. The zero-order valence-corrected chi connectivity index (χ0v) is 11.3. The van der Waals surface area contributed by atoms with Gasteiger partial charge in [-0.1, -0.05) is 6.92 Å². The van der Waals surface area contributed by atoms with E-state index in [1.54, 1.807) is 27.7 Å². The summed E-state index contributed by atoms with van der Waals surface area (Å²) in [7, 11) is 0. The molecule has 18 heavy (non-hydrogen) atoms. The van der Waals surface area contributed by atoms with E-state index in [9.17, 15) is 14.4 Å². The lowest BCUT2D eigenvalue weighted by atomic mass is 9.83. The molecule has 0 saturated heterocycles. The van der Waals surface area contributed by atoms with Crippen molar-refractivity contribution in [3.05, 3.63) is 22.3 Å². The number of rotatable bonds is 4. The lowest BCUT2D eigenvalue weighted by molar-refractivity contribution is -0.121. The van der Waals surface area contributed by atoms with Crippen LogP contribution in [0.1, 0.15) is 40.5 Å². The van der Waals surface area contributed by atoms with Crippen molar-refractivity contribution in [1.29, 1.82) is 0 Å². The average molecular weight is 249 g/mol. The largest absolute Gasteiger partial charge is 0.369 e. The first-order valence-electron chi connectivity index (χ1n) is 6.03. The van der Waals surface area contributed by atoms with E-state index in [-0.39, 0.29) is 23.4 Å². The molecule has 98 valence electrons. The lowest BCUT2D eigenvalue weighted by Gasteiger charge is -2.19. The Bertz CT molecular complexity index is 483. The van der Waals surface area contributed by atoms with E-state index in [2.05, 4.69) is 0 Å². The second kappa shape index (κ2) is 5.29. The summed E-state index contributed by atoms with van der Waals surface area (Å²) in [5, 5.41) is 0. The van der Waals surface area contributed by atoms with Gasteiger partial charge < -0.3 is 5.73 Å². The smallest absolute Gasteiger partial charge is 0.220 e. The molecule has 1 unspecified atom stereocenters. The monoisotopic (exact) mass is 249 g/mol. The van der Waals surface area contributed by atoms with Gasteiger partial charge in [-0.25, -0.2) is 0 Å². The minimum absolute atomic E-state index is 0.0752. The van der Waals surface area contributed by atoms with Crippen molar-refractivity contribution in [3.63, 3.8) is 0 Å². The molecular formula is C14H19NO3. The minimum atomic E-state index is -0.383. The summed E-state index contributed by atoms with van der Waals surface area (Å²) in [6, 6.07) is 0. The summed E-state index contributed by atoms with van der Waals surface area (Å²) < 4.78 is 0. The molecule has 1 aliphatic carbocycles. The summed E-state index contributed by atoms with van der Waals surface area (Å²) in [6.07, 6.45) is 0.915. The predicted molar refractivity (Wildman–Crippen MR) is 68.7 cm³/mol. The fourth-order valence-electron chi connectivity index (χ4n) is 1.96. The van der Waals surface area contributed by atoms with Crippen molar-refractivity contribution in [2.75, 3.05) is 0 Å². The van der Waals surface area contributed by atoms with Crippen molar-refractivity contribution in [2.45, 2.75) is 40.5 Å². The second-order valence-electron chi connectivity index (χ2n) is 4.85. The summed E-state index contributed by atoms with van der Waals surface area (Å²) in [4.78, 5) is 35.0. The Hall–Kier alpha value is -1.71. The van der Waals surface area contributed by atoms with Crippen molar-refractivity contribution in [2.24, 2.45) is 11.7 Å². The standard InChI is InChI=1S/C14H19NO3/c1-7(14(15)18)5-6-11-10(4)12(16)8(2)9(3)13(11)17/h7H,5-6H2,1-4H3,(H2,15,18). The Morgan fingerprint density at radius 3 is 2.06 bits per heavy atom. The van der Waals surface area contributed by atoms with Crippen LogP contribution >= 0.6 is 0 Å². The predicted octanol–water partition coefficient (Wildman–Crippen LogP) is 1.69. The van der Waals surface area contributed by atoms with E-state index in [0.717, 1.165) is 0 Å². The van der Waals surface area contributed by atoms with Gasteiger partial charge in [0.1, 0.15) is 0 Å². The zero-order chi connectivity index (χ0) is 14.0. The molecule has 4 heteroatoms. The molecule has 0 bridgehead atoms. The fourth-order valence-corrected chi connectivity index (χ4v) is 1.96. The number of hydrogen-bond acceptors (Lipinski definition) is 3. The Balaban J connectivity index is 2.92. The van der Waals surface area contributed by atoms with Crippen LogP contribution in [-0.2, 0) is 14.4 Å². The van der Waals surface area contributed by atoms with Gasteiger partial charge in [-0.2, -0.15) is 0 Å². The first kappa shape index (κ1) is 14.4. The van der Waals surface area contributed by atoms with Crippen molar-refractivity contribution in [1.82, 2.24) is 0 Å². The molecule has 0 fully saturated rings.